The molecule has 0 aliphatic carbocycles. The van der Waals surface area contributed by atoms with Crippen LogP contribution in [0.15, 0.2) is 47.6 Å². The molecule has 2 aromatic rings. The zero-order chi connectivity index (χ0) is 19.2. The Hall–Kier alpha value is -2.93. The minimum Gasteiger partial charge on any atom is -0.493 e. The molecule has 0 unspecified atom stereocenters. The average Bonchev–Trinajstić information content (AvgIpc) is 2.68. The zero-order valence-electron chi connectivity index (χ0n) is 15.4. The molecule has 1 saturated heterocycles. The molecule has 0 saturated carbocycles. The third-order valence-electron chi connectivity index (χ3n) is 4.33. The Kier molecular flexibility index (Phi) is 6.03. The summed E-state index contributed by atoms with van der Waals surface area (Å²) in [6.45, 7) is 3.71. The van der Waals surface area contributed by atoms with Gasteiger partial charge in [0.15, 0.2) is 11.5 Å². The predicted molar refractivity (Wildman–Crippen MR) is 101 cm³/mol. The van der Waals surface area contributed by atoms with Gasteiger partial charge in [0.1, 0.15) is 5.82 Å². The molecule has 0 amide bonds. The Balaban J connectivity index is 1.71. The minimum atomic E-state index is -0.773. The first-order valence-corrected chi connectivity index (χ1v) is 8.69. The Bertz CT molecular complexity index is 833. The molecule has 0 aromatic heterocycles. The molecule has 0 N–H and O–H groups in total. The van der Waals surface area contributed by atoms with Crippen LogP contribution in [0.5, 0.6) is 11.5 Å². The quantitative estimate of drug-likeness (QED) is 0.459. The molecule has 1 heterocycles. The maximum absolute atomic E-state index is 13.7. The fraction of sp³-hybridized carbons (Fsp3) is 0.300. The highest BCUT2D eigenvalue weighted by molar-refractivity contribution is 5.92. The van der Waals surface area contributed by atoms with Gasteiger partial charge in [-0.05, 0) is 42.9 Å². The van der Waals surface area contributed by atoms with Gasteiger partial charge < -0.3 is 14.4 Å². The summed E-state index contributed by atoms with van der Waals surface area (Å²) in [4.78, 5) is 14.4. The van der Waals surface area contributed by atoms with Gasteiger partial charge in [0.05, 0.1) is 18.9 Å². The standard InChI is InChI=1S/C20H22FN3O3/c1-23-9-11-24(12-10-23)22-14-15-7-8-18(19(13-15)26-2)27-20(25)16-5-3-4-6-17(16)21/h3-8,13-14H,9-12H2,1-2H3/b22-14-. The van der Waals surface area contributed by atoms with Crippen molar-refractivity contribution in [1.29, 1.82) is 0 Å². The zero-order valence-corrected chi connectivity index (χ0v) is 15.4. The maximum Gasteiger partial charge on any atom is 0.346 e. The summed E-state index contributed by atoms with van der Waals surface area (Å²) in [6, 6.07) is 10.8. The molecule has 6 nitrogen and oxygen atoms in total. The van der Waals surface area contributed by atoms with Crippen LogP contribution in [0.3, 0.4) is 0 Å². The van der Waals surface area contributed by atoms with Crippen molar-refractivity contribution in [2.45, 2.75) is 0 Å². The number of rotatable bonds is 5. The van der Waals surface area contributed by atoms with E-state index in [1.807, 2.05) is 5.01 Å². The van der Waals surface area contributed by atoms with E-state index in [2.05, 4.69) is 17.0 Å². The van der Waals surface area contributed by atoms with E-state index in [9.17, 15) is 9.18 Å². The molecular formula is C20H22FN3O3. The van der Waals surface area contributed by atoms with Crippen LogP contribution in [-0.2, 0) is 0 Å². The fourth-order valence-corrected chi connectivity index (χ4v) is 2.69. The van der Waals surface area contributed by atoms with E-state index in [0.717, 1.165) is 31.7 Å². The van der Waals surface area contributed by atoms with Gasteiger partial charge in [0.2, 0.25) is 0 Å². The summed E-state index contributed by atoms with van der Waals surface area (Å²) in [6.07, 6.45) is 1.75. The van der Waals surface area contributed by atoms with Gasteiger partial charge in [-0.3, -0.25) is 5.01 Å². The summed E-state index contributed by atoms with van der Waals surface area (Å²) in [5, 5.41) is 6.49. The lowest BCUT2D eigenvalue weighted by Crippen LogP contribution is -2.41. The molecular weight excluding hydrogens is 349 g/mol. The third-order valence-corrected chi connectivity index (χ3v) is 4.33. The smallest absolute Gasteiger partial charge is 0.346 e. The molecule has 0 bridgehead atoms. The molecule has 1 aliphatic heterocycles. The molecule has 0 spiro atoms. The number of carbonyl (C=O) groups is 1. The van der Waals surface area contributed by atoms with Crippen LogP contribution in [0.1, 0.15) is 15.9 Å². The SMILES string of the molecule is COc1cc(/C=N\N2CCN(C)CC2)ccc1OC(=O)c1ccccc1F. The Morgan fingerprint density at radius 3 is 2.56 bits per heavy atom. The third kappa shape index (κ3) is 4.83. The summed E-state index contributed by atoms with van der Waals surface area (Å²) >= 11 is 0. The minimum absolute atomic E-state index is 0.125. The van der Waals surface area contributed by atoms with Gasteiger partial charge in [0, 0.05) is 26.2 Å². The number of hydrogen-bond donors (Lipinski definition) is 0. The maximum atomic E-state index is 13.7. The van der Waals surface area contributed by atoms with Crippen molar-refractivity contribution in [3.8, 4) is 11.5 Å². The van der Waals surface area contributed by atoms with Crippen molar-refractivity contribution in [3.05, 3.63) is 59.4 Å². The first-order chi connectivity index (χ1) is 13.1. The first kappa shape index (κ1) is 18.8. The van der Waals surface area contributed by atoms with Gasteiger partial charge in [0.25, 0.3) is 0 Å². The van der Waals surface area contributed by atoms with E-state index < -0.39 is 11.8 Å². The van der Waals surface area contributed by atoms with Crippen LogP contribution in [0.2, 0.25) is 0 Å². The number of methoxy groups -OCH3 is 1. The second-order valence-corrected chi connectivity index (χ2v) is 6.28. The number of halogens is 1. The summed E-state index contributed by atoms with van der Waals surface area (Å²) in [5.41, 5.74) is 0.691. The Labute approximate surface area is 157 Å². The van der Waals surface area contributed by atoms with Crippen LogP contribution in [-0.4, -0.2) is 62.4 Å². The molecule has 1 fully saturated rings. The number of carbonyl (C=O) groups excluding carboxylic acids is 1. The van der Waals surface area contributed by atoms with E-state index >= 15 is 0 Å². The normalized spacial score (nSPS) is 15.1. The number of benzene rings is 2. The molecule has 142 valence electrons. The largest absolute Gasteiger partial charge is 0.493 e. The average molecular weight is 371 g/mol. The number of ether oxygens (including phenoxy) is 2. The number of nitrogens with zero attached hydrogens (tertiary/aromatic N) is 3. The lowest BCUT2D eigenvalue weighted by Gasteiger charge is -2.30. The Morgan fingerprint density at radius 1 is 1.11 bits per heavy atom. The topological polar surface area (TPSA) is 54.4 Å². The molecule has 27 heavy (non-hydrogen) atoms. The van der Waals surface area contributed by atoms with Crippen molar-refractivity contribution in [2.24, 2.45) is 5.10 Å². The van der Waals surface area contributed by atoms with Gasteiger partial charge >= 0.3 is 5.97 Å². The summed E-state index contributed by atoms with van der Waals surface area (Å²) < 4.78 is 24.3. The van der Waals surface area contributed by atoms with E-state index in [-0.39, 0.29) is 11.3 Å². The summed E-state index contributed by atoms with van der Waals surface area (Å²) in [7, 11) is 3.57. The number of esters is 1. The van der Waals surface area contributed by atoms with Crippen molar-refractivity contribution < 1.29 is 18.7 Å². The van der Waals surface area contributed by atoms with E-state index in [0.29, 0.717) is 5.75 Å². The first-order valence-electron chi connectivity index (χ1n) is 8.69. The highest BCUT2D eigenvalue weighted by Gasteiger charge is 2.16. The van der Waals surface area contributed by atoms with Crippen LogP contribution in [0.4, 0.5) is 4.39 Å². The van der Waals surface area contributed by atoms with Gasteiger partial charge in [-0.2, -0.15) is 5.10 Å². The van der Waals surface area contributed by atoms with Gasteiger partial charge in [-0.25, -0.2) is 9.18 Å². The molecule has 1 aliphatic rings. The van der Waals surface area contributed by atoms with E-state index in [4.69, 9.17) is 9.47 Å². The lowest BCUT2D eigenvalue weighted by atomic mass is 10.2. The van der Waals surface area contributed by atoms with Crippen molar-refractivity contribution in [3.63, 3.8) is 0 Å². The van der Waals surface area contributed by atoms with Crippen LogP contribution >= 0.6 is 0 Å². The van der Waals surface area contributed by atoms with Crippen molar-refractivity contribution in [1.82, 2.24) is 9.91 Å². The highest BCUT2D eigenvalue weighted by atomic mass is 19.1. The van der Waals surface area contributed by atoms with Crippen molar-refractivity contribution in [2.75, 3.05) is 40.3 Å². The van der Waals surface area contributed by atoms with Crippen molar-refractivity contribution >= 4 is 12.2 Å². The fourth-order valence-electron chi connectivity index (χ4n) is 2.69. The van der Waals surface area contributed by atoms with Crippen LogP contribution in [0, 0.1) is 5.82 Å². The van der Waals surface area contributed by atoms with Crippen LogP contribution in [0.25, 0.3) is 0 Å². The predicted octanol–water partition coefficient (Wildman–Crippen LogP) is 2.63. The molecule has 0 atom stereocenters. The number of piperazine rings is 1. The second-order valence-electron chi connectivity index (χ2n) is 6.28. The molecule has 7 heteroatoms. The van der Waals surface area contributed by atoms with E-state index in [1.165, 1.54) is 25.3 Å². The van der Waals surface area contributed by atoms with Gasteiger partial charge in [-0.1, -0.05) is 12.1 Å². The number of hydrogen-bond acceptors (Lipinski definition) is 6. The monoisotopic (exact) mass is 371 g/mol. The second kappa shape index (κ2) is 8.64. The molecule has 3 rings (SSSR count). The lowest BCUT2D eigenvalue weighted by molar-refractivity contribution is 0.0725. The number of hydrazone groups is 1. The molecule has 2 aromatic carbocycles. The highest BCUT2D eigenvalue weighted by Crippen LogP contribution is 2.28. The summed E-state index contributed by atoms with van der Waals surface area (Å²) in [5.74, 6) is -0.799. The van der Waals surface area contributed by atoms with Crippen LogP contribution < -0.4 is 9.47 Å². The van der Waals surface area contributed by atoms with E-state index in [1.54, 1.807) is 30.5 Å². The molecule has 0 radical (unpaired) electrons. The Morgan fingerprint density at radius 2 is 1.85 bits per heavy atom. The number of likely N-dealkylation sites (N-methyl/N-ethyl adjacent to an activating group) is 1. The van der Waals surface area contributed by atoms with Gasteiger partial charge in [-0.15, -0.1) is 0 Å².